The molecule has 0 radical (unpaired) electrons. The molecule has 0 aliphatic carbocycles. The normalized spacial score (nSPS) is 21.7. The molecule has 0 amide bonds. The van der Waals surface area contributed by atoms with Gasteiger partial charge in [0.25, 0.3) is 0 Å². The number of benzene rings is 1. The zero-order valence-electron chi connectivity index (χ0n) is 12.9. The van der Waals surface area contributed by atoms with E-state index in [1.807, 2.05) is 30.3 Å². The minimum atomic E-state index is -0.288. The molecule has 2 atom stereocenters. The van der Waals surface area contributed by atoms with Gasteiger partial charge in [-0.3, -0.25) is 4.98 Å². The minimum Gasteiger partial charge on any atom is -0.463 e. The van der Waals surface area contributed by atoms with Crippen LogP contribution in [-0.2, 0) is 0 Å². The summed E-state index contributed by atoms with van der Waals surface area (Å²) in [5, 5.41) is 9.07. The summed E-state index contributed by atoms with van der Waals surface area (Å²) in [4.78, 5) is 5.71. The third-order valence-corrected chi connectivity index (χ3v) is 5.36. The molecular formula is C19H15N3OS. The Morgan fingerprint density at radius 1 is 1.04 bits per heavy atom. The van der Waals surface area contributed by atoms with Gasteiger partial charge in [0, 0.05) is 18.2 Å². The van der Waals surface area contributed by atoms with Crippen molar-refractivity contribution in [3.05, 3.63) is 82.3 Å². The van der Waals surface area contributed by atoms with Crippen molar-refractivity contribution in [3.8, 4) is 5.75 Å². The molecule has 0 bridgehead atoms. The first-order valence-electron chi connectivity index (χ1n) is 7.96. The van der Waals surface area contributed by atoms with E-state index in [2.05, 4.69) is 39.6 Å². The van der Waals surface area contributed by atoms with Crippen molar-refractivity contribution >= 4 is 17.0 Å². The average Bonchev–Trinajstić information content (AvgIpc) is 3.31. The molecule has 24 heavy (non-hydrogen) atoms. The standard InChI is InChI=1S/C19H15N3OS/c1-2-8-17-13(6-1)16-12-15(18-9-5-11-24-18)21-22(16)19(23-17)14-7-3-4-10-20-14/h1-11,16,19H,12H2/t16-,19+/m0/s1. The van der Waals surface area contributed by atoms with Crippen LogP contribution < -0.4 is 4.74 Å². The fourth-order valence-corrected chi connectivity index (χ4v) is 4.06. The lowest BCUT2D eigenvalue weighted by Gasteiger charge is -2.37. The summed E-state index contributed by atoms with van der Waals surface area (Å²) in [6.45, 7) is 0. The van der Waals surface area contributed by atoms with Crippen LogP contribution in [0, 0.1) is 0 Å². The lowest BCUT2D eigenvalue weighted by molar-refractivity contribution is -0.0218. The van der Waals surface area contributed by atoms with Gasteiger partial charge in [0.15, 0.2) is 0 Å². The van der Waals surface area contributed by atoms with E-state index in [-0.39, 0.29) is 12.3 Å². The Labute approximate surface area is 144 Å². The summed E-state index contributed by atoms with van der Waals surface area (Å²) in [5.41, 5.74) is 3.20. The summed E-state index contributed by atoms with van der Waals surface area (Å²) in [6, 6.07) is 18.5. The van der Waals surface area contributed by atoms with Crippen LogP contribution in [0.1, 0.15) is 34.8 Å². The molecule has 0 saturated heterocycles. The molecule has 0 N–H and O–H groups in total. The zero-order valence-corrected chi connectivity index (χ0v) is 13.7. The Morgan fingerprint density at radius 3 is 2.79 bits per heavy atom. The molecule has 3 aromatic rings. The molecule has 1 aromatic carbocycles. The average molecular weight is 333 g/mol. The summed E-state index contributed by atoms with van der Waals surface area (Å²) in [6.07, 6.45) is 2.40. The number of para-hydroxylation sites is 1. The molecular weight excluding hydrogens is 318 g/mol. The van der Waals surface area contributed by atoms with Crippen molar-refractivity contribution in [2.75, 3.05) is 0 Å². The van der Waals surface area contributed by atoms with E-state index in [0.29, 0.717) is 0 Å². The van der Waals surface area contributed by atoms with Gasteiger partial charge < -0.3 is 4.74 Å². The highest BCUT2D eigenvalue weighted by Gasteiger charge is 2.41. The first-order valence-corrected chi connectivity index (χ1v) is 8.84. The Balaban J connectivity index is 1.62. The van der Waals surface area contributed by atoms with Gasteiger partial charge in [-0.25, -0.2) is 5.01 Å². The van der Waals surface area contributed by atoms with E-state index in [4.69, 9.17) is 9.84 Å². The second-order valence-corrected chi connectivity index (χ2v) is 6.83. The van der Waals surface area contributed by atoms with Crippen molar-refractivity contribution < 1.29 is 4.74 Å². The van der Waals surface area contributed by atoms with Gasteiger partial charge >= 0.3 is 0 Å². The first-order chi connectivity index (χ1) is 11.9. The maximum absolute atomic E-state index is 6.26. The van der Waals surface area contributed by atoms with E-state index in [1.54, 1.807) is 17.5 Å². The van der Waals surface area contributed by atoms with Crippen LogP contribution in [0.5, 0.6) is 5.75 Å². The zero-order chi connectivity index (χ0) is 15.9. The SMILES string of the molecule is c1ccc([C@H]2Oc3ccccc3[C@@H]3CC(c4cccs4)=NN23)nc1. The third kappa shape index (κ3) is 2.12. The summed E-state index contributed by atoms with van der Waals surface area (Å²) in [5.74, 6) is 0.928. The monoisotopic (exact) mass is 333 g/mol. The number of hydrazone groups is 1. The number of aromatic nitrogens is 1. The lowest BCUT2D eigenvalue weighted by atomic mass is 9.98. The maximum Gasteiger partial charge on any atom is 0.230 e. The van der Waals surface area contributed by atoms with Gasteiger partial charge in [0.2, 0.25) is 6.23 Å². The van der Waals surface area contributed by atoms with Crippen LogP contribution in [0.15, 0.2) is 71.3 Å². The van der Waals surface area contributed by atoms with E-state index < -0.39 is 0 Å². The second-order valence-electron chi connectivity index (χ2n) is 5.89. The molecule has 2 aliphatic rings. The van der Waals surface area contributed by atoms with Crippen LogP contribution >= 0.6 is 11.3 Å². The maximum atomic E-state index is 6.26. The van der Waals surface area contributed by atoms with Gasteiger partial charge in [-0.05, 0) is 29.6 Å². The van der Waals surface area contributed by atoms with E-state index in [1.165, 1.54) is 10.4 Å². The topological polar surface area (TPSA) is 37.7 Å². The number of fused-ring (bicyclic) bond motifs is 3. The van der Waals surface area contributed by atoms with Crippen molar-refractivity contribution in [1.82, 2.24) is 9.99 Å². The van der Waals surface area contributed by atoms with Crippen LogP contribution in [0.4, 0.5) is 0 Å². The Kier molecular flexibility index (Phi) is 3.13. The number of nitrogens with zero attached hydrogens (tertiary/aromatic N) is 3. The fraction of sp³-hybridized carbons (Fsp3) is 0.158. The quantitative estimate of drug-likeness (QED) is 0.698. The van der Waals surface area contributed by atoms with Crippen molar-refractivity contribution in [3.63, 3.8) is 0 Å². The van der Waals surface area contributed by atoms with Gasteiger partial charge in [-0.2, -0.15) is 5.10 Å². The molecule has 4 nitrogen and oxygen atoms in total. The van der Waals surface area contributed by atoms with E-state index in [9.17, 15) is 0 Å². The minimum absolute atomic E-state index is 0.194. The molecule has 2 aliphatic heterocycles. The predicted octanol–water partition coefficient (Wildman–Crippen LogP) is 4.39. The Bertz CT molecular complexity index is 892. The Hall–Kier alpha value is -2.66. The summed E-state index contributed by atoms with van der Waals surface area (Å²) in [7, 11) is 0. The number of thiophene rings is 1. The predicted molar refractivity (Wildman–Crippen MR) is 94.1 cm³/mol. The molecule has 118 valence electrons. The van der Waals surface area contributed by atoms with Crippen molar-refractivity contribution in [2.45, 2.75) is 18.7 Å². The molecule has 5 heteroatoms. The number of ether oxygens (including phenoxy) is 1. The third-order valence-electron chi connectivity index (χ3n) is 4.45. The number of pyridine rings is 1. The van der Waals surface area contributed by atoms with Gasteiger partial charge in [0.05, 0.1) is 16.6 Å². The van der Waals surface area contributed by atoms with Crippen LogP contribution in [0.25, 0.3) is 0 Å². The number of hydrogen-bond donors (Lipinski definition) is 0. The van der Waals surface area contributed by atoms with Gasteiger partial charge in [0.1, 0.15) is 11.4 Å². The highest BCUT2D eigenvalue weighted by Crippen LogP contribution is 2.47. The number of hydrogen-bond acceptors (Lipinski definition) is 5. The molecule has 0 spiro atoms. The van der Waals surface area contributed by atoms with Gasteiger partial charge in [-0.15, -0.1) is 11.3 Å². The first kappa shape index (κ1) is 13.7. The lowest BCUT2D eigenvalue weighted by Crippen LogP contribution is -2.34. The molecule has 0 unspecified atom stereocenters. The number of rotatable bonds is 2. The molecule has 2 aromatic heterocycles. The molecule has 0 saturated carbocycles. The molecule has 0 fully saturated rings. The van der Waals surface area contributed by atoms with Crippen molar-refractivity contribution in [1.29, 1.82) is 0 Å². The van der Waals surface area contributed by atoms with E-state index in [0.717, 1.165) is 23.6 Å². The highest BCUT2D eigenvalue weighted by atomic mass is 32.1. The second kappa shape index (κ2) is 5.46. The van der Waals surface area contributed by atoms with E-state index >= 15 is 0 Å². The smallest absolute Gasteiger partial charge is 0.230 e. The van der Waals surface area contributed by atoms with Gasteiger partial charge in [-0.1, -0.05) is 30.3 Å². The summed E-state index contributed by atoms with van der Waals surface area (Å²) >= 11 is 1.73. The van der Waals surface area contributed by atoms with Crippen LogP contribution in [-0.4, -0.2) is 15.7 Å². The highest BCUT2D eigenvalue weighted by molar-refractivity contribution is 7.12. The van der Waals surface area contributed by atoms with Crippen LogP contribution in [0.2, 0.25) is 0 Å². The van der Waals surface area contributed by atoms with Crippen molar-refractivity contribution in [2.24, 2.45) is 5.10 Å². The fourth-order valence-electron chi connectivity index (χ4n) is 3.34. The molecule has 5 rings (SSSR count). The van der Waals surface area contributed by atoms with Crippen LogP contribution in [0.3, 0.4) is 0 Å². The Morgan fingerprint density at radius 2 is 1.96 bits per heavy atom. The molecule has 4 heterocycles. The largest absolute Gasteiger partial charge is 0.463 e. The summed E-state index contributed by atoms with van der Waals surface area (Å²) < 4.78 is 6.26.